The summed E-state index contributed by atoms with van der Waals surface area (Å²) in [6, 6.07) is 10.7. The van der Waals surface area contributed by atoms with Crippen LogP contribution in [0.2, 0.25) is 0 Å². The summed E-state index contributed by atoms with van der Waals surface area (Å²) in [4.78, 5) is 5.93. The summed E-state index contributed by atoms with van der Waals surface area (Å²) in [5.41, 5.74) is 2.18. The number of hydrogen-bond donors (Lipinski definition) is 2. The number of rotatable bonds is 6. The number of aliphatic imine (C=N–C) groups is 1. The Bertz CT molecular complexity index is 778. The van der Waals surface area contributed by atoms with Crippen molar-refractivity contribution in [1.82, 2.24) is 5.32 Å². The fourth-order valence-corrected chi connectivity index (χ4v) is 2.44. The molecule has 0 aromatic heterocycles. The second-order valence-corrected chi connectivity index (χ2v) is 5.80. The summed E-state index contributed by atoms with van der Waals surface area (Å²) in [7, 11) is 8.47. The second kappa shape index (κ2) is 8.94. The van der Waals surface area contributed by atoms with Gasteiger partial charge in [0.1, 0.15) is 5.82 Å². The molecule has 2 aromatic rings. The van der Waals surface area contributed by atoms with Crippen LogP contribution in [0.25, 0.3) is 0 Å². The predicted octanol–water partition coefficient (Wildman–Crippen LogP) is 3.10. The first-order valence-electron chi connectivity index (χ1n) is 8.14. The monoisotopic (exact) mass is 360 g/mol. The van der Waals surface area contributed by atoms with Crippen LogP contribution >= 0.6 is 0 Å². The lowest BCUT2D eigenvalue weighted by molar-refractivity contribution is 0.355. The minimum atomic E-state index is -0.253. The first-order chi connectivity index (χ1) is 12.5. The predicted molar refractivity (Wildman–Crippen MR) is 104 cm³/mol. The van der Waals surface area contributed by atoms with Gasteiger partial charge >= 0.3 is 0 Å². The van der Waals surface area contributed by atoms with E-state index in [2.05, 4.69) is 15.6 Å². The third-order valence-corrected chi connectivity index (χ3v) is 3.82. The van der Waals surface area contributed by atoms with Crippen molar-refractivity contribution < 1.29 is 13.9 Å². The van der Waals surface area contributed by atoms with Crippen LogP contribution in [0, 0.1) is 5.82 Å². The van der Waals surface area contributed by atoms with E-state index in [0.29, 0.717) is 29.7 Å². The molecule has 2 N–H and O–H groups in total. The number of halogens is 1. The van der Waals surface area contributed by atoms with E-state index in [1.165, 1.54) is 6.07 Å². The van der Waals surface area contributed by atoms with Crippen molar-refractivity contribution >= 4 is 17.3 Å². The van der Waals surface area contributed by atoms with Gasteiger partial charge in [0.15, 0.2) is 17.5 Å². The van der Waals surface area contributed by atoms with Gasteiger partial charge < -0.3 is 25.0 Å². The van der Waals surface area contributed by atoms with Gasteiger partial charge in [0.25, 0.3) is 0 Å². The number of anilines is 2. The first kappa shape index (κ1) is 19.4. The van der Waals surface area contributed by atoms with Gasteiger partial charge in [-0.3, -0.25) is 4.99 Å². The van der Waals surface area contributed by atoms with Gasteiger partial charge in [-0.25, -0.2) is 4.39 Å². The molecule has 0 amide bonds. The number of benzene rings is 2. The molecule has 2 rings (SSSR count). The number of nitrogens with zero attached hydrogens (tertiary/aromatic N) is 2. The summed E-state index contributed by atoms with van der Waals surface area (Å²) < 4.78 is 24.6. The molecular formula is C19H25FN4O2. The lowest BCUT2D eigenvalue weighted by Gasteiger charge is -2.16. The Hall–Kier alpha value is -2.96. The summed E-state index contributed by atoms with van der Waals surface area (Å²) in [5.74, 6) is 1.58. The van der Waals surface area contributed by atoms with E-state index in [4.69, 9.17) is 9.47 Å². The Morgan fingerprint density at radius 2 is 1.81 bits per heavy atom. The highest BCUT2D eigenvalue weighted by Gasteiger charge is 2.08. The molecule has 0 saturated heterocycles. The average molecular weight is 360 g/mol. The molecule has 2 aromatic carbocycles. The number of ether oxygens (including phenoxy) is 2. The molecule has 0 aliphatic heterocycles. The molecule has 0 heterocycles. The molecule has 0 spiro atoms. The van der Waals surface area contributed by atoms with Crippen LogP contribution in [0.5, 0.6) is 11.5 Å². The van der Waals surface area contributed by atoms with Crippen molar-refractivity contribution in [2.24, 2.45) is 4.99 Å². The van der Waals surface area contributed by atoms with Gasteiger partial charge in [-0.2, -0.15) is 0 Å². The molecule has 6 nitrogen and oxygen atoms in total. The first-order valence-corrected chi connectivity index (χ1v) is 8.14. The molecule has 0 aliphatic carbocycles. The normalized spacial score (nSPS) is 11.1. The average Bonchev–Trinajstić information content (AvgIpc) is 2.64. The van der Waals surface area contributed by atoms with Crippen molar-refractivity contribution in [3.63, 3.8) is 0 Å². The van der Waals surface area contributed by atoms with Crippen LogP contribution in [0.15, 0.2) is 41.4 Å². The van der Waals surface area contributed by atoms with Crippen molar-refractivity contribution in [2.45, 2.75) is 6.54 Å². The van der Waals surface area contributed by atoms with E-state index >= 15 is 0 Å². The number of methoxy groups -OCH3 is 2. The molecular weight excluding hydrogens is 335 g/mol. The fourth-order valence-electron chi connectivity index (χ4n) is 2.44. The van der Waals surface area contributed by atoms with E-state index in [1.54, 1.807) is 32.2 Å². The molecule has 0 unspecified atom stereocenters. The maximum Gasteiger partial charge on any atom is 0.195 e. The third-order valence-electron chi connectivity index (χ3n) is 3.82. The molecule has 0 fully saturated rings. The number of nitrogens with one attached hydrogen (secondary N) is 2. The lowest BCUT2D eigenvalue weighted by atomic mass is 10.2. The van der Waals surface area contributed by atoms with Gasteiger partial charge in [0, 0.05) is 39.4 Å². The van der Waals surface area contributed by atoms with Crippen molar-refractivity contribution in [3.05, 3.63) is 47.8 Å². The summed E-state index contributed by atoms with van der Waals surface area (Å²) in [6.45, 7) is 0.442. The van der Waals surface area contributed by atoms with Gasteiger partial charge in [0.2, 0.25) is 0 Å². The molecule has 26 heavy (non-hydrogen) atoms. The fraction of sp³-hybridized carbons (Fsp3) is 0.316. The van der Waals surface area contributed by atoms with Crippen LogP contribution < -0.4 is 25.0 Å². The highest BCUT2D eigenvalue weighted by molar-refractivity contribution is 5.93. The minimum Gasteiger partial charge on any atom is -0.493 e. The van der Waals surface area contributed by atoms with E-state index in [-0.39, 0.29) is 5.82 Å². The van der Waals surface area contributed by atoms with Crippen molar-refractivity contribution in [3.8, 4) is 11.5 Å². The topological polar surface area (TPSA) is 58.1 Å². The molecule has 0 radical (unpaired) electrons. The molecule has 7 heteroatoms. The Kier molecular flexibility index (Phi) is 6.66. The molecule has 0 atom stereocenters. The maximum atomic E-state index is 14.1. The number of guanidine groups is 1. The SMILES string of the molecule is CN=C(NCc1ccc(N(C)C)c(F)c1)Nc1ccc(OC)c(OC)c1. The van der Waals surface area contributed by atoms with Crippen molar-refractivity contribution in [1.29, 1.82) is 0 Å². The van der Waals surface area contributed by atoms with E-state index in [1.807, 2.05) is 38.4 Å². The largest absolute Gasteiger partial charge is 0.493 e. The Balaban J connectivity index is 2.03. The maximum absolute atomic E-state index is 14.1. The highest BCUT2D eigenvalue weighted by Crippen LogP contribution is 2.29. The van der Waals surface area contributed by atoms with Crippen molar-refractivity contribution in [2.75, 3.05) is 45.6 Å². The summed E-state index contributed by atoms with van der Waals surface area (Å²) in [5, 5.41) is 6.33. The number of hydrogen-bond acceptors (Lipinski definition) is 4. The molecule has 0 aliphatic rings. The van der Waals surface area contributed by atoms with Crippen LogP contribution in [0.3, 0.4) is 0 Å². The lowest BCUT2D eigenvalue weighted by Crippen LogP contribution is -2.30. The Morgan fingerprint density at radius 1 is 1.08 bits per heavy atom. The van der Waals surface area contributed by atoms with Crippen LogP contribution in [-0.4, -0.2) is 41.3 Å². The minimum absolute atomic E-state index is 0.253. The molecule has 140 valence electrons. The van der Waals surface area contributed by atoms with E-state index in [0.717, 1.165) is 11.3 Å². The smallest absolute Gasteiger partial charge is 0.195 e. The van der Waals surface area contributed by atoms with Crippen LogP contribution in [0.1, 0.15) is 5.56 Å². The zero-order valence-electron chi connectivity index (χ0n) is 15.8. The third kappa shape index (κ3) is 4.78. The second-order valence-electron chi connectivity index (χ2n) is 5.80. The Labute approximate surface area is 153 Å². The van der Waals surface area contributed by atoms with Gasteiger partial charge in [0.05, 0.1) is 19.9 Å². The van der Waals surface area contributed by atoms with Crippen LogP contribution in [-0.2, 0) is 6.54 Å². The zero-order chi connectivity index (χ0) is 19.1. The standard InChI is InChI=1S/C19H25FN4O2/c1-21-19(23-14-7-9-17(25-4)18(11-14)26-5)22-12-13-6-8-16(24(2)3)15(20)10-13/h6-11H,12H2,1-5H3,(H2,21,22,23). The van der Waals surface area contributed by atoms with E-state index < -0.39 is 0 Å². The van der Waals surface area contributed by atoms with Gasteiger partial charge in [-0.15, -0.1) is 0 Å². The Morgan fingerprint density at radius 3 is 2.38 bits per heavy atom. The molecule has 0 saturated carbocycles. The quantitative estimate of drug-likeness (QED) is 0.612. The zero-order valence-corrected chi connectivity index (χ0v) is 15.8. The van der Waals surface area contributed by atoms with Crippen LogP contribution in [0.4, 0.5) is 15.8 Å². The van der Waals surface area contributed by atoms with Gasteiger partial charge in [-0.05, 0) is 29.8 Å². The summed E-state index contributed by atoms with van der Waals surface area (Å²) >= 11 is 0. The molecule has 0 bridgehead atoms. The van der Waals surface area contributed by atoms with Gasteiger partial charge in [-0.1, -0.05) is 6.07 Å². The summed E-state index contributed by atoms with van der Waals surface area (Å²) in [6.07, 6.45) is 0. The highest BCUT2D eigenvalue weighted by atomic mass is 19.1. The van der Waals surface area contributed by atoms with E-state index in [9.17, 15) is 4.39 Å².